The van der Waals surface area contributed by atoms with E-state index in [1.165, 1.54) is 19.3 Å². The molecular formula is C14H22ClN3. The molecule has 1 aliphatic carbocycles. The maximum atomic E-state index is 6.01. The average Bonchev–Trinajstić information content (AvgIpc) is 2.26. The van der Waals surface area contributed by atoms with E-state index in [-0.39, 0.29) is 0 Å². The number of rotatable bonds is 3. The molecule has 1 fully saturated rings. The van der Waals surface area contributed by atoms with Crippen molar-refractivity contribution in [3.63, 3.8) is 0 Å². The zero-order chi connectivity index (χ0) is 13.1. The minimum atomic E-state index is 0.513. The van der Waals surface area contributed by atoms with Gasteiger partial charge in [0, 0.05) is 18.5 Å². The summed E-state index contributed by atoms with van der Waals surface area (Å²) >= 11 is 6.01. The highest BCUT2D eigenvalue weighted by Gasteiger charge is 2.24. The maximum Gasteiger partial charge on any atom is 0.134 e. The molecule has 2 atom stereocenters. The summed E-state index contributed by atoms with van der Waals surface area (Å²) in [4.78, 5) is 8.68. The van der Waals surface area contributed by atoms with E-state index >= 15 is 0 Å². The molecule has 4 heteroatoms. The Morgan fingerprint density at radius 3 is 2.50 bits per heavy atom. The predicted molar refractivity (Wildman–Crippen MR) is 76.0 cm³/mol. The molecule has 2 unspecified atom stereocenters. The van der Waals surface area contributed by atoms with Crippen LogP contribution >= 0.6 is 11.6 Å². The van der Waals surface area contributed by atoms with Crippen molar-refractivity contribution in [3.8, 4) is 0 Å². The molecule has 1 aromatic rings. The van der Waals surface area contributed by atoms with E-state index in [0.717, 1.165) is 29.9 Å². The van der Waals surface area contributed by atoms with Gasteiger partial charge in [-0.15, -0.1) is 0 Å². The van der Waals surface area contributed by atoms with Gasteiger partial charge in [-0.2, -0.15) is 0 Å². The summed E-state index contributed by atoms with van der Waals surface area (Å²) in [6.45, 7) is 6.70. The largest absolute Gasteiger partial charge is 0.367 e. The molecule has 18 heavy (non-hydrogen) atoms. The van der Waals surface area contributed by atoms with Gasteiger partial charge in [-0.3, -0.25) is 0 Å². The highest BCUT2D eigenvalue weighted by atomic mass is 35.5. The smallest absolute Gasteiger partial charge is 0.134 e. The van der Waals surface area contributed by atoms with Crippen molar-refractivity contribution in [1.82, 2.24) is 9.97 Å². The van der Waals surface area contributed by atoms with Crippen LogP contribution in [0.3, 0.4) is 0 Å². The zero-order valence-electron chi connectivity index (χ0n) is 11.4. The highest BCUT2D eigenvalue weighted by molar-refractivity contribution is 6.29. The Hall–Kier alpha value is -0.830. The standard InChI is InChI=1S/C14H22ClN3/c1-4-13-17-12(15)8-14(18-13)16-11-6-9(2)5-10(3)7-11/h8-11H,4-7H2,1-3H3,(H,16,17,18). The third-order valence-electron chi connectivity index (χ3n) is 3.59. The molecule has 1 aromatic heterocycles. The lowest BCUT2D eigenvalue weighted by molar-refractivity contribution is 0.280. The van der Waals surface area contributed by atoms with Crippen molar-refractivity contribution in [2.75, 3.05) is 5.32 Å². The summed E-state index contributed by atoms with van der Waals surface area (Å²) in [6, 6.07) is 2.34. The predicted octanol–water partition coefficient (Wildman–Crippen LogP) is 3.93. The van der Waals surface area contributed by atoms with Crippen molar-refractivity contribution in [2.45, 2.75) is 52.5 Å². The molecular weight excluding hydrogens is 246 g/mol. The number of nitrogens with one attached hydrogen (secondary N) is 1. The van der Waals surface area contributed by atoms with Crippen LogP contribution in [0.5, 0.6) is 0 Å². The van der Waals surface area contributed by atoms with E-state index < -0.39 is 0 Å². The third kappa shape index (κ3) is 3.58. The van der Waals surface area contributed by atoms with Crippen LogP contribution in [0.2, 0.25) is 5.15 Å². The lowest BCUT2D eigenvalue weighted by atomic mass is 9.80. The Morgan fingerprint density at radius 1 is 1.22 bits per heavy atom. The van der Waals surface area contributed by atoms with Gasteiger partial charge in [0.25, 0.3) is 0 Å². The Bertz CT molecular complexity index is 398. The maximum absolute atomic E-state index is 6.01. The molecule has 0 aromatic carbocycles. The highest BCUT2D eigenvalue weighted by Crippen LogP contribution is 2.30. The van der Waals surface area contributed by atoms with Gasteiger partial charge in [0.2, 0.25) is 0 Å². The van der Waals surface area contributed by atoms with Gasteiger partial charge >= 0.3 is 0 Å². The fraction of sp³-hybridized carbons (Fsp3) is 0.714. The Labute approximate surface area is 114 Å². The molecule has 2 rings (SSSR count). The first-order chi connectivity index (χ1) is 8.56. The number of halogens is 1. The Morgan fingerprint density at radius 2 is 1.89 bits per heavy atom. The first-order valence-electron chi connectivity index (χ1n) is 6.86. The van der Waals surface area contributed by atoms with E-state index in [9.17, 15) is 0 Å². The van der Waals surface area contributed by atoms with E-state index in [1.807, 2.05) is 13.0 Å². The molecule has 3 nitrogen and oxygen atoms in total. The fourth-order valence-corrected chi connectivity index (χ4v) is 3.17. The molecule has 0 amide bonds. The van der Waals surface area contributed by atoms with E-state index in [1.54, 1.807) is 0 Å². The van der Waals surface area contributed by atoms with E-state index in [0.29, 0.717) is 11.2 Å². The molecule has 1 N–H and O–H groups in total. The van der Waals surface area contributed by atoms with Gasteiger partial charge in [0.1, 0.15) is 16.8 Å². The van der Waals surface area contributed by atoms with Crippen LogP contribution in [-0.2, 0) is 6.42 Å². The molecule has 0 bridgehead atoms. The molecule has 0 aliphatic heterocycles. The minimum absolute atomic E-state index is 0.513. The summed E-state index contributed by atoms with van der Waals surface area (Å²) < 4.78 is 0. The second-order valence-electron chi connectivity index (χ2n) is 5.60. The normalized spacial score (nSPS) is 28.1. The number of hydrogen-bond acceptors (Lipinski definition) is 3. The summed E-state index contributed by atoms with van der Waals surface area (Å²) in [6.07, 6.45) is 4.58. The summed E-state index contributed by atoms with van der Waals surface area (Å²) in [5, 5.41) is 4.05. The number of anilines is 1. The molecule has 1 aliphatic rings. The van der Waals surface area contributed by atoms with Gasteiger partial charge in [0.15, 0.2) is 0 Å². The number of aromatic nitrogens is 2. The van der Waals surface area contributed by atoms with Gasteiger partial charge in [-0.1, -0.05) is 32.4 Å². The SMILES string of the molecule is CCc1nc(Cl)cc(NC2CC(C)CC(C)C2)n1. The molecule has 1 heterocycles. The number of nitrogens with zero attached hydrogens (tertiary/aromatic N) is 2. The van der Waals surface area contributed by atoms with E-state index in [2.05, 4.69) is 29.1 Å². The number of hydrogen-bond donors (Lipinski definition) is 1. The van der Waals surface area contributed by atoms with Gasteiger partial charge < -0.3 is 5.32 Å². The second kappa shape index (κ2) is 5.87. The average molecular weight is 268 g/mol. The van der Waals surface area contributed by atoms with Crippen LogP contribution in [0.25, 0.3) is 0 Å². The van der Waals surface area contributed by atoms with Gasteiger partial charge in [0.05, 0.1) is 0 Å². The molecule has 0 saturated heterocycles. The van der Waals surface area contributed by atoms with E-state index in [4.69, 9.17) is 11.6 Å². The first-order valence-corrected chi connectivity index (χ1v) is 7.24. The van der Waals surface area contributed by atoms with Crippen LogP contribution < -0.4 is 5.32 Å². The van der Waals surface area contributed by atoms with Crippen molar-refractivity contribution in [2.24, 2.45) is 11.8 Å². The molecule has 1 saturated carbocycles. The summed E-state index contributed by atoms with van der Waals surface area (Å²) in [5.41, 5.74) is 0. The van der Waals surface area contributed by atoms with Gasteiger partial charge in [-0.05, 0) is 31.1 Å². The minimum Gasteiger partial charge on any atom is -0.367 e. The summed E-state index contributed by atoms with van der Waals surface area (Å²) in [5.74, 6) is 3.25. The Kier molecular flexibility index (Phi) is 4.44. The van der Waals surface area contributed by atoms with Crippen molar-refractivity contribution < 1.29 is 0 Å². The van der Waals surface area contributed by atoms with Crippen LogP contribution in [0.1, 0.15) is 45.9 Å². The fourth-order valence-electron chi connectivity index (χ4n) is 2.97. The van der Waals surface area contributed by atoms with Crippen LogP contribution in [0.4, 0.5) is 5.82 Å². The van der Waals surface area contributed by atoms with Crippen molar-refractivity contribution in [3.05, 3.63) is 17.0 Å². The summed E-state index contributed by atoms with van der Waals surface area (Å²) in [7, 11) is 0. The lowest BCUT2D eigenvalue weighted by Crippen LogP contribution is -2.30. The number of aryl methyl sites for hydroxylation is 1. The van der Waals surface area contributed by atoms with Crippen molar-refractivity contribution in [1.29, 1.82) is 0 Å². The van der Waals surface area contributed by atoms with Crippen molar-refractivity contribution >= 4 is 17.4 Å². The molecule has 0 radical (unpaired) electrons. The van der Waals surface area contributed by atoms with Crippen LogP contribution in [0.15, 0.2) is 6.07 Å². The first kappa shape index (κ1) is 13.6. The topological polar surface area (TPSA) is 37.8 Å². The Balaban J connectivity index is 2.06. The second-order valence-corrected chi connectivity index (χ2v) is 5.99. The lowest BCUT2D eigenvalue weighted by Gasteiger charge is -2.32. The monoisotopic (exact) mass is 267 g/mol. The van der Waals surface area contributed by atoms with Crippen LogP contribution in [0, 0.1) is 11.8 Å². The van der Waals surface area contributed by atoms with Crippen LogP contribution in [-0.4, -0.2) is 16.0 Å². The van der Waals surface area contributed by atoms with Gasteiger partial charge in [-0.25, -0.2) is 9.97 Å². The molecule has 0 spiro atoms. The third-order valence-corrected chi connectivity index (χ3v) is 3.78. The zero-order valence-corrected chi connectivity index (χ0v) is 12.2. The molecule has 100 valence electrons. The quantitative estimate of drug-likeness (QED) is 0.844.